The van der Waals surface area contributed by atoms with Gasteiger partial charge in [0.05, 0.1) is 12.5 Å². The minimum atomic E-state index is -0.231. The number of hydrogen-bond donors (Lipinski definition) is 2. The molecule has 1 unspecified atom stereocenters. The highest BCUT2D eigenvalue weighted by molar-refractivity contribution is 9.10. The number of amides is 1. The Hall–Kier alpha value is -0.910. The van der Waals surface area contributed by atoms with Crippen LogP contribution in [0.2, 0.25) is 0 Å². The van der Waals surface area contributed by atoms with Crippen molar-refractivity contribution < 1.29 is 9.53 Å². The van der Waals surface area contributed by atoms with Gasteiger partial charge < -0.3 is 15.8 Å². The lowest BCUT2D eigenvalue weighted by Gasteiger charge is -2.13. The fourth-order valence-electron chi connectivity index (χ4n) is 1.44. The van der Waals surface area contributed by atoms with E-state index in [-0.39, 0.29) is 18.4 Å². The fraction of sp³-hybridized carbons (Fsp3) is 0.417. The van der Waals surface area contributed by atoms with E-state index < -0.39 is 0 Å². The molecule has 0 saturated heterocycles. The molecule has 0 saturated carbocycles. The smallest absolute Gasteiger partial charge is 0.227 e. The molecule has 1 aromatic carbocycles. The van der Waals surface area contributed by atoms with Crippen molar-refractivity contribution in [2.24, 2.45) is 5.73 Å². The molecule has 1 amide bonds. The van der Waals surface area contributed by atoms with E-state index in [0.29, 0.717) is 6.54 Å². The molecule has 4 nitrogen and oxygen atoms in total. The third-order valence-electron chi connectivity index (χ3n) is 2.47. The average Bonchev–Trinajstić information content (AvgIpc) is 2.29. The van der Waals surface area contributed by atoms with E-state index in [4.69, 9.17) is 10.5 Å². The Kier molecular flexibility index (Phi) is 5.61. The summed E-state index contributed by atoms with van der Waals surface area (Å²) in [5, 5.41) is 2.84. The number of anilines is 1. The van der Waals surface area contributed by atoms with Crippen LogP contribution in [0.5, 0.6) is 0 Å². The summed E-state index contributed by atoms with van der Waals surface area (Å²) in [6.07, 6.45) is 0.0356. The van der Waals surface area contributed by atoms with Gasteiger partial charge in [0.1, 0.15) is 0 Å². The summed E-state index contributed by atoms with van der Waals surface area (Å²) in [6, 6.07) is 5.70. The predicted octanol–water partition coefficient (Wildman–Crippen LogP) is 2.06. The Labute approximate surface area is 110 Å². The Balaban J connectivity index is 2.62. The van der Waals surface area contributed by atoms with Gasteiger partial charge in [-0.2, -0.15) is 0 Å². The molecule has 5 heteroatoms. The zero-order valence-corrected chi connectivity index (χ0v) is 11.6. The topological polar surface area (TPSA) is 64.3 Å². The van der Waals surface area contributed by atoms with Gasteiger partial charge in [-0.15, -0.1) is 0 Å². The van der Waals surface area contributed by atoms with Gasteiger partial charge in [0.15, 0.2) is 0 Å². The Bertz CT molecular complexity index is 392. The summed E-state index contributed by atoms with van der Waals surface area (Å²) in [5.74, 6) is -0.0901. The zero-order valence-electron chi connectivity index (χ0n) is 10.00. The summed E-state index contributed by atoms with van der Waals surface area (Å²) in [7, 11) is 1.55. The van der Waals surface area contributed by atoms with Gasteiger partial charge in [0, 0.05) is 23.8 Å². The SMILES string of the molecule is COC(CN)CC(=O)Nc1ccc(Br)cc1C. The summed E-state index contributed by atoms with van der Waals surface area (Å²) in [6.45, 7) is 2.28. The number of aryl methyl sites for hydroxylation is 1. The summed E-state index contributed by atoms with van der Waals surface area (Å²) in [4.78, 5) is 11.7. The molecule has 0 fully saturated rings. The van der Waals surface area contributed by atoms with Gasteiger partial charge in [0.25, 0.3) is 0 Å². The summed E-state index contributed by atoms with van der Waals surface area (Å²) < 4.78 is 6.05. The van der Waals surface area contributed by atoms with Crippen LogP contribution in [0.4, 0.5) is 5.69 Å². The van der Waals surface area contributed by atoms with Crippen molar-refractivity contribution >= 4 is 27.5 Å². The molecule has 0 aliphatic heterocycles. The molecule has 94 valence electrons. The van der Waals surface area contributed by atoms with E-state index >= 15 is 0 Å². The van der Waals surface area contributed by atoms with Gasteiger partial charge in [-0.3, -0.25) is 4.79 Å². The standard InChI is InChI=1S/C12H17BrN2O2/c1-8-5-9(13)3-4-11(8)15-12(16)6-10(7-14)17-2/h3-5,10H,6-7,14H2,1-2H3,(H,15,16). The van der Waals surface area contributed by atoms with Crippen molar-refractivity contribution in [2.45, 2.75) is 19.4 Å². The number of halogens is 1. The van der Waals surface area contributed by atoms with Gasteiger partial charge >= 0.3 is 0 Å². The van der Waals surface area contributed by atoms with E-state index in [0.717, 1.165) is 15.7 Å². The molecule has 0 bridgehead atoms. The molecule has 0 aromatic heterocycles. The quantitative estimate of drug-likeness (QED) is 0.875. The first-order valence-electron chi connectivity index (χ1n) is 5.35. The van der Waals surface area contributed by atoms with Crippen molar-refractivity contribution in [3.05, 3.63) is 28.2 Å². The first-order valence-corrected chi connectivity index (χ1v) is 6.15. The highest BCUT2D eigenvalue weighted by Crippen LogP contribution is 2.20. The fourth-order valence-corrected chi connectivity index (χ4v) is 1.91. The minimum Gasteiger partial charge on any atom is -0.380 e. The largest absolute Gasteiger partial charge is 0.380 e. The van der Waals surface area contributed by atoms with E-state index in [1.165, 1.54) is 0 Å². The molecule has 1 rings (SSSR count). The van der Waals surface area contributed by atoms with Crippen LogP contribution in [-0.4, -0.2) is 25.7 Å². The van der Waals surface area contributed by atoms with Crippen molar-refractivity contribution in [2.75, 3.05) is 19.0 Å². The second-order valence-corrected chi connectivity index (χ2v) is 4.72. The van der Waals surface area contributed by atoms with E-state index in [1.807, 2.05) is 25.1 Å². The number of carbonyl (C=O) groups excluding carboxylic acids is 1. The van der Waals surface area contributed by atoms with E-state index in [9.17, 15) is 4.79 Å². The predicted molar refractivity (Wildman–Crippen MR) is 72.0 cm³/mol. The molecule has 1 atom stereocenters. The van der Waals surface area contributed by atoms with Crippen LogP contribution >= 0.6 is 15.9 Å². The maximum Gasteiger partial charge on any atom is 0.227 e. The number of benzene rings is 1. The number of methoxy groups -OCH3 is 1. The molecule has 17 heavy (non-hydrogen) atoms. The lowest BCUT2D eigenvalue weighted by molar-refractivity contribution is -0.118. The summed E-state index contributed by atoms with van der Waals surface area (Å²) in [5.41, 5.74) is 7.28. The van der Waals surface area contributed by atoms with Crippen LogP contribution < -0.4 is 11.1 Å². The lowest BCUT2D eigenvalue weighted by Crippen LogP contribution is -2.28. The maximum absolute atomic E-state index is 11.7. The molecule has 0 aliphatic carbocycles. The number of nitrogens with one attached hydrogen (secondary N) is 1. The Morgan fingerprint density at radius 1 is 1.59 bits per heavy atom. The second-order valence-electron chi connectivity index (χ2n) is 3.80. The molecule has 3 N–H and O–H groups in total. The molecule has 0 heterocycles. The third-order valence-corrected chi connectivity index (χ3v) is 2.97. The van der Waals surface area contributed by atoms with Crippen molar-refractivity contribution in [3.8, 4) is 0 Å². The number of hydrogen-bond acceptors (Lipinski definition) is 3. The maximum atomic E-state index is 11.7. The van der Waals surface area contributed by atoms with Crippen molar-refractivity contribution in [1.29, 1.82) is 0 Å². The molecule has 0 radical (unpaired) electrons. The van der Waals surface area contributed by atoms with Crippen LogP contribution in [0, 0.1) is 6.92 Å². The van der Waals surface area contributed by atoms with Crippen LogP contribution in [0.1, 0.15) is 12.0 Å². The molecule has 1 aromatic rings. The van der Waals surface area contributed by atoms with Gasteiger partial charge in [-0.05, 0) is 30.7 Å². The Morgan fingerprint density at radius 2 is 2.29 bits per heavy atom. The van der Waals surface area contributed by atoms with Gasteiger partial charge in [-0.25, -0.2) is 0 Å². The van der Waals surface area contributed by atoms with Gasteiger partial charge in [0.2, 0.25) is 5.91 Å². The zero-order chi connectivity index (χ0) is 12.8. The monoisotopic (exact) mass is 300 g/mol. The normalized spacial score (nSPS) is 12.2. The average molecular weight is 301 g/mol. The molecular weight excluding hydrogens is 284 g/mol. The highest BCUT2D eigenvalue weighted by Gasteiger charge is 2.12. The highest BCUT2D eigenvalue weighted by atomic mass is 79.9. The van der Waals surface area contributed by atoms with Crippen LogP contribution in [-0.2, 0) is 9.53 Å². The number of rotatable bonds is 5. The molecule has 0 aliphatic rings. The number of nitrogens with two attached hydrogens (primary N) is 1. The Morgan fingerprint density at radius 3 is 2.82 bits per heavy atom. The van der Waals surface area contributed by atoms with Crippen LogP contribution in [0.25, 0.3) is 0 Å². The number of ether oxygens (including phenoxy) is 1. The molecular formula is C12H17BrN2O2. The van der Waals surface area contributed by atoms with E-state index in [1.54, 1.807) is 7.11 Å². The van der Waals surface area contributed by atoms with Crippen molar-refractivity contribution in [3.63, 3.8) is 0 Å². The first kappa shape index (κ1) is 14.2. The lowest BCUT2D eigenvalue weighted by atomic mass is 10.2. The third kappa shape index (κ3) is 4.46. The van der Waals surface area contributed by atoms with E-state index in [2.05, 4.69) is 21.2 Å². The summed E-state index contributed by atoms with van der Waals surface area (Å²) >= 11 is 3.38. The second kappa shape index (κ2) is 6.74. The molecule has 0 spiro atoms. The van der Waals surface area contributed by atoms with Crippen LogP contribution in [0.15, 0.2) is 22.7 Å². The first-order chi connectivity index (χ1) is 8.06. The van der Waals surface area contributed by atoms with Crippen molar-refractivity contribution in [1.82, 2.24) is 0 Å². The number of carbonyl (C=O) groups is 1. The van der Waals surface area contributed by atoms with Crippen LogP contribution in [0.3, 0.4) is 0 Å². The minimum absolute atomic E-state index is 0.0901. The van der Waals surface area contributed by atoms with Gasteiger partial charge in [-0.1, -0.05) is 15.9 Å².